The first-order chi connectivity index (χ1) is 15.1. The first kappa shape index (κ1) is 21.5. The molecule has 2 aromatic carbocycles. The molecule has 1 amide bonds. The molecule has 7 heteroatoms. The molecule has 160 valence electrons. The predicted octanol–water partition coefficient (Wildman–Crippen LogP) is 6.13. The number of aryl methyl sites for hydroxylation is 1. The van der Waals surface area contributed by atoms with E-state index >= 15 is 0 Å². The van der Waals surface area contributed by atoms with Crippen molar-refractivity contribution in [2.75, 3.05) is 6.54 Å². The van der Waals surface area contributed by atoms with Gasteiger partial charge in [-0.05, 0) is 54.8 Å². The van der Waals surface area contributed by atoms with Crippen molar-refractivity contribution in [3.8, 4) is 0 Å². The van der Waals surface area contributed by atoms with Crippen LogP contribution in [0, 0.1) is 0 Å². The van der Waals surface area contributed by atoms with E-state index in [1.165, 1.54) is 6.26 Å². The zero-order valence-corrected chi connectivity index (χ0v) is 18.5. The monoisotopic (exact) mass is 455 g/mol. The summed E-state index contributed by atoms with van der Waals surface area (Å²) < 4.78 is 7.32. The minimum Gasteiger partial charge on any atom is -0.459 e. The number of amides is 1. The molecule has 0 unspecified atom stereocenters. The summed E-state index contributed by atoms with van der Waals surface area (Å²) in [6.07, 6.45) is 5.22. The van der Waals surface area contributed by atoms with E-state index in [4.69, 9.17) is 32.6 Å². The van der Waals surface area contributed by atoms with Gasteiger partial charge in [-0.25, -0.2) is 4.98 Å². The Balaban J connectivity index is 1.37. The summed E-state index contributed by atoms with van der Waals surface area (Å²) in [5, 5.41) is 4.17. The summed E-state index contributed by atoms with van der Waals surface area (Å²) in [5.41, 5.74) is 3.08. The largest absolute Gasteiger partial charge is 0.459 e. The van der Waals surface area contributed by atoms with Crippen molar-refractivity contribution < 1.29 is 9.21 Å². The lowest BCUT2D eigenvalue weighted by Crippen LogP contribution is -2.23. The first-order valence-corrected chi connectivity index (χ1v) is 11.1. The lowest BCUT2D eigenvalue weighted by atomic mass is 10.1. The lowest BCUT2D eigenvalue weighted by molar-refractivity contribution is 0.0925. The number of benzene rings is 2. The maximum atomic E-state index is 11.9. The molecule has 0 aliphatic heterocycles. The number of unbranched alkanes of at least 4 members (excludes halogenated alkanes) is 2. The van der Waals surface area contributed by atoms with Gasteiger partial charge >= 0.3 is 0 Å². The van der Waals surface area contributed by atoms with Gasteiger partial charge in [0.25, 0.3) is 5.91 Å². The topological polar surface area (TPSA) is 60.1 Å². The second kappa shape index (κ2) is 10.0. The number of nitrogens with zero attached hydrogens (tertiary/aromatic N) is 2. The lowest BCUT2D eigenvalue weighted by Gasteiger charge is -2.11. The molecule has 2 heterocycles. The minimum absolute atomic E-state index is 0.174. The number of halogens is 2. The van der Waals surface area contributed by atoms with Crippen LogP contribution in [0.5, 0.6) is 0 Å². The van der Waals surface area contributed by atoms with E-state index < -0.39 is 0 Å². The fourth-order valence-electron chi connectivity index (χ4n) is 3.59. The Hall–Kier alpha value is -2.76. The Bertz CT molecular complexity index is 1170. The van der Waals surface area contributed by atoms with E-state index in [1.54, 1.807) is 18.2 Å². The second-order valence-corrected chi connectivity index (χ2v) is 8.23. The molecule has 0 bridgehead atoms. The minimum atomic E-state index is -0.174. The van der Waals surface area contributed by atoms with Gasteiger partial charge < -0.3 is 14.3 Å². The number of fused-ring (bicyclic) bond motifs is 1. The quantitative estimate of drug-likeness (QED) is 0.309. The molecular formula is C24H23Cl2N3O2. The molecule has 0 saturated heterocycles. The molecular weight excluding hydrogens is 433 g/mol. The number of aromatic nitrogens is 2. The number of hydrogen-bond donors (Lipinski definition) is 1. The van der Waals surface area contributed by atoms with Crippen molar-refractivity contribution in [3.63, 3.8) is 0 Å². The third-order valence-electron chi connectivity index (χ3n) is 5.18. The molecule has 4 rings (SSSR count). The molecule has 4 aromatic rings. The van der Waals surface area contributed by atoms with Crippen LogP contribution >= 0.6 is 23.2 Å². The van der Waals surface area contributed by atoms with Crippen LogP contribution in [-0.2, 0) is 13.0 Å². The highest BCUT2D eigenvalue weighted by molar-refractivity contribution is 6.35. The zero-order chi connectivity index (χ0) is 21.6. The van der Waals surface area contributed by atoms with Crippen LogP contribution in [0.25, 0.3) is 11.0 Å². The van der Waals surface area contributed by atoms with Gasteiger partial charge in [-0.2, -0.15) is 0 Å². The molecule has 31 heavy (non-hydrogen) atoms. The van der Waals surface area contributed by atoms with Gasteiger partial charge in [-0.15, -0.1) is 0 Å². The van der Waals surface area contributed by atoms with Crippen LogP contribution in [0.2, 0.25) is 10.0 Å². The Labute approximate surface area is 191 Å². The summed E-state index contributed by atoms with van der Waals surface area (Å²) in [4.78, 5) is 16.7. The Morgan fingerprint density at radius 2 is 1.90 bits per heavy atom. The summed E-state index contributed by atoms with van der Waals surface area (Å²) in [7, 11) is 0. The molecule has 0 radical (unpaired) electrons. The number of furan rings is 1. The molecule has 0 atom stereocenters. The summed E-state index contributed by atoms with van der Waals surface area (Å²) >= 11 is 12.5. The number of rotatable bonds is 9. The van der Waals surface area contributed by atoms with Gasteiger partial charge in [0.15, 0.2) is 5.76 Å². The first-order valence-electron chi connectivity index (χ1n) is 10.3. The maximum absolute atomic E-state index is 11.9. The summed E-state index contributed by atoms with van der Waals surface area (Å²) in [5.74, 6) is 1.20. The maximum Gasteiger partial charge on any atom is 0.286 e. The van der Waals surface area contributed by atoms with Crippen LogP contribution < -0.4 is 5.32 Å². The third-order valence-corrected chi connectivity index (χ3v) is 5.77. The summed E-state index contributed by atoms with van der Waals surface area (Å²) in [6, 6.07) is 17.1. The third kappa shape index (κ3) is 5.30. The molecule has 0 fully saturated rings. The zero-order valence-electron chi connectivity index (χ0n) is 17.0. The highest BCUT2D eigenvalue weighted by Gasteiger charge is 2.13. The Morgan fingerprint density at radius 1 is 1.03 bits per heavy atom. The van der Waals surface area contributed by atoms with Crippen LogP contribution in [-0.4, -0.2) is 22.0 Å². The smallest absolute Gasteiger partial charge is 0.286 e. The molecule has 0 aliphatic carbocycles. The average Bonchev–Trinajstić information content (AvgIpc) is 3.41. The highest BCUT2D eigenvalue weighted by Crippen LogP contribution is 2.25. The van der Waals surface area contributed by atoms with Crippen LogP contribution in [0.3, 0.4) is 0 Å². The predicted molar refractivity (Wildman–Crippen MR) is 124 cm³/mol. The van der Waals surface area contributed by atoms with E-state index in [0.717, 1.165) is 48.1 Å². The van der Waals surface area contributed by atoms with Gasteiger partial charge in [0, 0.05) is 23.0 Å². The number of hydrogen-bond acceptors (Lipinski definition) is 3. The van der Waals surface area contributed by atoms with E-state index in [2.05, 4.69) is 16.0 Å². The van der Waals surface area contributed by atoms with Crippen LogP contribution in [0.1, 0.15) is 41.2 Å². The van der Waals surface area contributed by atoms with E-state index in [9.17, 15) is 4.79 Å². The van der Waals surface area contributed by atoms with Gasteiger partial charge in [0.2, 0.25) is 0 Å². The Morgan fingerprint density at radius 3 is 2.71 bits per heavy atom. The number of carbonyl (C=O) groups excluding carboxylic acids is 1. The van der Waals surface area contributed by atoms with Gasteiger partial charge in [-0.3, -0.25) is 4.79 Å². The molecule has 5 nitrogen and oxygen atoms in total. The highest BCUT2D eigenvalue weighted by atomic mass is 35.5. The molecule has 0 spiro atoms. The molecule has 1 N–H and O–H groups in total. The number of para-hydroxylation sites is 2. The normalized spacial score (nSPS) is 11.2. The SMILES string of the molecule is O=C(NCCCCCc1nc2ccccc2n1Cc1ccc(Cl)cc1Cl)c1ccco1. The van der Waals surface area contributed by atoms with Crippen molar-refractivity contribution in [2.45, 2.75) is 32.2 Å². The standard InChI is InChI=1S/C24H23Cl2N3O2/c25-18-12-11-17(19(26)15-18)16-29-21-8-4-3-7-20(21)28-23(29)10-2-1-5-13-27-24(30)22-9-6-14-31-22/h3-4,6-9,11-12,14-15H,1-2,5,10,13,16H2,(H,27,30). The number of carbonyl (C=O) groups is 1. The van der Waals surface area contributed by atoms with Crippen molar-refractivity contribution in [3.05, 3.63) is 88.1 Å². The number of nitrogens with one attached hydrogen (secondary N) is 1. The van der Waals surface area contributed by atoms with Crippen LogP contribution in [0.15, 0.2) is 65.3 Å². The molecule has 0 saturated carbocycles. The van der Waals surface area contributed by atoms with E-state index in [-0.39, 0.29) is 5.91 Å². The fraction of sp³-hybridized carbons (Fsp3) is 0.250. The van der Waals surface area contributed by atoms with Crippen molar-refractivity contribution >= 4 is 40.1 Å². The van der Waals surface area contributed by atoms with Crippen molar-refractivity contribution in [2.24, 2.45) is 0 Å². The molecule has 0 aliphatic rings. The number of imidazole rings is 1. The van der Waals surface area contributed by atoms with Crippen LogP contribution in [0.4, 0.5) is 0 Å². The van der Waals surface area contributed by atoms with E-state index in [1.807, 2.05) is 30.3 Å². The fourth-order valence-corrected chi connectivity index (χ4v) is 4.06. The Kier molecular flexibility index (Phi) is 6.95. The van der Waals surface area contributed by atoms with Gasteiger partial charge in [-0.1, -0.05) is 47.8 Å². The second-order valence-electron chi connectivity index (χ2n) is 7.38. The average molecular weight is 456 g/mol. The van der Waals surface area contributed by atoms with E-state index in [0.29, 0.717) is 28.9 Å². The van der Waals surface area contributed by atoms with Gasteiger partial charge in [0.05, 0.1) is 23.8 Å². The van der Waals surface area contributed by atoms with Gasteiger partial charge in [0.1, 0.15) is 5.82 Å². The summed E-state index contributed by atoms with van der Waals surface area (Å²) in [6.45, 7) is 1.27. The molecule has 2 aromatic heterocycles. The van der Waals surface area contributed by atoms with Crippen molar-refractivity contribution in [1.82, 2.24) is 14.9 Å². The van der Waals surface area contributed by atoms with Crippen molar-refractivity contribution in [1.29, 1.82) is 0 Å².